The van der Waals surface area contributed by atoms with Crippen LogP contribution in [0.1, 0.15) is 73.5 Å². The van der Waals surface area contributed by atoms with Gasteiger partial charge in [-0.05, 0) is 29.2 Å². The number of nitrogens with zero attached hydrogens (tertiary/aromatic N) is 4. The van der Waals surface area contributed by atoms with Crippen molar-refractivity contribution in [3.8, 4) is 11.1 Å². The topological polar surface area (TPSA) is 99.4 Å². The summed E-state index contributed by atoms with van der Waals surface area (Å²) in [5.41, 5.74) is 2.69. The molecule has 0 aliphatic rings. The number of hydrogen-bond acceptors (Lipinski definition) is 6. The molecule has 2 aromatic heterocycles. The molecule has 8 heteroatoms. The van der Waals surface area contributed by atoms with E-state index in [0.717, 1.165) is 49.1 Å². The van der Waals surface area contributed by atoms with Gasteiger partial charge in [-0.25, -0.2) is 14.5 Å². The number of aromatic nitrogens is 4. The molecule has 0 bridgehead atoms. The predicted octanol–water partition coefficient (Wildman–Crippen LogP) is 5.07. The Labute approximate surface area is 201 Å². The van der Waals surface area contributed by atoms with Crippen molar-refractivity contribution in [2.24, 2.45) is 0 Å². The van der Waals surface area contributed by atoms with E-state index in [0.29, 0.717) is 24.4 Å². The van der Waals surface area contributed by atoms with Crippen LogP contribution in [0, 0.1) is 0 Å². The first-order chi connectivity index (χ1) is 16.5. The Kier molecular flexibility index (Phi) is 8.90. The first-order valence-corrected chi connectivity index (χ1v) is 11.8. The van der Waals surface area contributed by atoms with Crippen LogP contribution in [0.15, 0.2) is 42.7 Å². The Morgan fingerprint density at radius 3 is 2.41 bits per heavy atom. The van der Waals surface area contributed by atoms with Crippen LogP contribution >= 0.6 is 0 Å². The molecule has 182 valence electrons. The molecule has 0 radical (unpaired) electrons. The third-order valence-corrected chi connectivity index (χ3v) is 5.98. The van der Waals surface area contributed by atoms with Gasteiger partial charge in [0.1, 0.15) is 5.82 Å². The Morgan fingerprint density at radius 1 is 1.06 bits per heavy atom. The molecule has 3 aromatic rings. The monoisotopic (exact) mass is 466 g/mol. The van der Waals surface area contributed by atoms with E-state index in [1.54, 1.807) is 26.5 Å². The minimum Gasteiger partial charge on any atom is -0.478 e. The van der Waals surface area contributed by atoms with Crippen LogP contribution in [0.3, 0.4) is 0 Å². The molecule has 0 amide bonds. The Balaban J connectivity index is 1.90. The maximum atomic E-state index is 11.5. The van der Waals surface area contributed by atoms with E-state index < -0.39 is 11.8 Å². The number of carboxylic acids is 1. The van der Waals surface area contributed by atoms with Gasteiger partial charge in [0.05, 0.1) is 12.1 Å². The zero-order chi connectivity index (χ0) is 24.6. The molecule has 0 saturated heterocycles. The third kappa shape index (κ3) is 5.69. The number of rotatable bonds is 13. The lowest BCUT2D eigenvalue weighted by Crippen LogP contribution is -2.32. The fourth-order valence-electron chi connectivity index (χ4n) is 4.07. The smallest absolute Gasteiger partial charge is 0.337 e. The van der Waals surface area contributed by atoms with Crippen molar-refractivity contribution in [1.29, 1.82) is 0 Å². The molecule has 0 atom stereocenters. The van der Waals surface area contributed by atoms with Crippen LogP contribution in [0.5, 0.6) is 0 Å². The van der Waals surface area contributed by atoms with Crippen molar-refractivity contribution >= 4 is 5.97 Å². The number of hydrogen-bond donors (Lipinski definition) is 1. The van der Waals surface area contributed by atoms with Crippen LogP contribution in [-0.2, 0) is 28.2 Å². The summed E-state index contributed by atoms with van der Waals surface area (Å²) in [7, 11) is 3.25. The van der Waals surface area contributed by atoms with Gasteiger partial charge in [0, 0.05) is 39.5 Å². The van der Waals surface area contributed by atoms with Crippen LogP contribution in [0.25, 0.3) is 11.1 Å². The number of aromatic carboxylic acids is 1. The molecule has 34 heavy (non-hydrogen) atoms. The Morgan fingerprint density at radius 2 is 1.79 bits per heavy atom. The molecule has 0 aliphatic heterocycles. The number of carboxylic acid groups (broad SMARTS) is 1. The molecule has 8 nitrogen and oxygen atoms in total. The predicted molar refractivity (Wildman–Crippen MR) is 130 cm³/mol. The van der Waals surface area contributed by atoms with Crippen molar-refractivity contribution in [1.82, 2.24) is 19.7 Å². The molecule has 2 heterocycles. The summed E-state index contributed by atoms with van der Waals surface area (Å²) in [6, 6.07) is 9.56. The summed E-state index contributed by atoms with van der Waals surface area (Å²) in [5, 5.41) is 14.3. The highest BCUT2D eigenvalue weighted by molar-refractivity contribution is 5.95. The molecule has 0 saturated carbocycles. The number of methoxy groups -OCH3 is 2. The fourth-order valence-corrected chi connectivity index (χ4v) is 4.07. The highest BCUT2D eigenvalue weighted by atomic mass is 16.7. The van der Waals surface area contributed by atoms with Crippen LogP contribution < -0.4 is 0 Å². The Hall–Kier alpha value is -3.10. The lowest BCUT2D eigenvalue weighted by molar-refractivity contribution is -0.225. The maximum Gasteiger partial charge on any atom is 0.337 e. The lowest BCUT2D eigenvalue weighted by Gasteiger charge is -2.27. The van der Waals surface area contributed by atoms with Gasteiger partial charge < -0.3 is 14.6 Å². The summed E-state index contributed by atoms with van der Waals surface area (Å²) >= 11 is 0. The minimum atomic E-state index is -0.995. The van der Waals surface area contributed by atoms with Gasteiger partial charge in [0.15, 0.2) is 0 Å². The van der Waals surface area contributed by atoms with E-state index in [4.69, 9.17) is 19.6 Å². The van der Waals surface area contributed by atoms with Gasteiger partial charge in [0.25, 0.3) is 0 Å². The summed E-state index contributed by atoms with van der Waals surface area (Å²) in [5.74, 6) is -0.501. The molecule has 1 aromatic carbocycles. The molecular formula is C26H34N4O4. The zero-order valence-electron chi connectivity index (χ0n) is 20.5. The quantitative estimate of drug-likeness (QED) is 0.277. The third-order valence-electron chi connectivity index (χ3n) is 5.98. The maximum absolute atomic E-state index is 11.5. The highest BCUT2D eigenvalue weighted by Gasteiger charge is 2.36. The standard InChI is InChI=1S/C26H34N4O4/c1-5-7-8-9-23-28-25(26(33-3,34-4)15-6-2)29-30(23)18-19-10-12-20(13-11-19)21-14-16-27-17-22(21)24(31)32/h10-14,16-17H,5-9,15,18H2,1-4H3,(H,31,32). The van der Waals surface area contributed by atoms with Gasteiger partial charge in [-0.3, -0.25) is 4.98 Å². The van der Waals surface area contributed by atoms with Crippen molar-refractivity contribution < 1.29 is 19.4 Å². The van der Waals surface area contributed by atoms with Gasteiger partial charge in [-0.15, -0.1) is 5.10 Å². The fraction of sp³-hybridized carbons (Fsp3) is 0.462. The summed E-state index contributed by atoms with van der Waals surface area (Å²) in [4.78, 5) is 20.3. The van der Waals surface area contributed by atoms with Gasteiger partial charge in [-0.1, -0.05) is 57.4 Å². The summed E-state index contributed by atoms with van der Waals surface area (Å²) < 4.78 is 13.4. The first kappa shape index (κ1) is 25.5. The van der Waals surface area contributed by atoms with Gasteiger partial charge >= 0.3 is 5.97 Å². The number of unbranched alkanes of at least 4 members (excludes halogenated alkanes) is 2. The largest absolute Gasteiger partial charge is 0.478 e. The molecule has 3 rings (SSSR count). The number of pyridine rings is 1. The van der Waals surface area contributed by atoms with E-state index in [1.165, 1.54) is 6.20 Å². The SMILES string of the molecule is CCCCCc1nc(C(CCC)(OC)OC)nn1Cc1ccc(-c2ccncc2C(=O)O)cc1. The van der Waals surface area contributed by atoms with Crippen molar-refractivity contribution in [2.45, 2.75) is 64.7 Å². The van der Waals surface area contributed by atoms with Gasteiger partial charge in [0.2, 0.25) is 11.6 Å². The number of ether oxygens (including phenoxy) is 2. The van der Waals surface area contributed by atoms with E-state index in [9.17, 15) is 9.90 Å². The molecule has 0 unspecified atom stereocenters. The highest BCUT2D eigenvalue weighted by Crippen LogP contribution is 2.30. The average molecular weight is 467 g/mol. The number of benzene rings is 1. The normalized spacial score (nSPS) is 11.6. The second-order valence-electron chi connectivity index (χ2n) is 8.30. The van der Waals surface area contributed by atoms with Crippen molar-refractivity contribution in [2.75, 3.05) is 14.2 Å². The van der Waals surface area contributed by atoms with Crippen LogP contribution in [0.2, 0.25) is 0 Å². The lowest BCUT2D eigenvalue weighted by atomic mass is 10.0. The van der Waals surface area contributed by atoms with Crippen molar-refractivity contribution in [3.63, 3.8) is 0 Å². The average Bonchev–Trinajstić information content (AvgIpc) is 3.26. The number of aryl methyl sites for hydroxylation is 1. The first-order valence-electron chi connectivity index (χ1n) is 11.8. The summed E-state index contributed by atoms with van der Waals surface area (Å²) in [6.45, 7) is 4.80. The molecular weight excluding hydrogens is 432 g/mol. The second-order valence-corrected chi connectivity index (χ2v) is 8.30. The molecule has 1 N–H and O–H groups in total. The van der Waals surface area contributed by atoms with E-state index in [1.807, 2.05) is 28.9 Å². The van der Waals surface area contributed by atoms with Crippen molar-refractivity contribution in [3.05, 3.63) is 65.5 Å². The molecule has 0 fully saturated rings. The van der Waals surface area contributed by atoms with E-state index >= 15 is 0 Å². The Bertz CT molecular complexity index is 1070. The minimum absolute atomic E-state index is 0.181. The van der Waals surface area contributed by atoms with Gasteiger partial charge in [-0.2, -0.15) is 0 Å². The van der Waals surface area contributed by atoms with E-state index in [2.05, 4.69) is 18.8 Å². The van der Waals surface area contributed by atoms with Crippen LogP contribution in [0.4, 0.5) is 0 Å². The number of carbonyl (C=O) groups is 1. The molecule has 0 aliphatic carbocycles. The van der Waals surface area contributed by atoms with E-state index in [-0.39, 0.29) is 5.56 Å². The second kappa shape index (κ2) is 11.9. The summed E-state index contributed by atoms with van der Waals surface area (Å²) in [6.07, 6.45) is 8.63. The molecule has 0 spiro atoms. The zero-order valence-corrected chi connectivity index (χ0v) is 20.5. The van der Waals surface area contributed by atoms with Crippen LogP contribution in [-0.4, -0.2) is 45.0 Å².